The number of nitrogens with zero attached hydrogens (tertiary/aromatic N) is 2. The Morgan fingerprint density at radius 3 is 2.67 bits per heavy atom. The fraction of sp³-hybridized carbons (Fsp3) is 0.231. The predicted molar refractivity (Wildman–Crippen MR) is 78.0 cm³/mol. The Labute approximate surface area is 120 Å². The summed E-state index contributed by atoms with van der Waals surface area (Å²) >= 11 is 9.55. The van der Waals surface area contributed by atoms with Crippen molar-refractivity contribution in [3.8, 4) is 0 Å². The van der Waals surface area contributed by atoms with Gasteiger partial charge in [0.15, 0.2) is 0 Å². The van der Waals surface area contributed by atoms with Crippen LogP contribution in [0.5, 0.6) is 0 Å². The molecule has 5 heteroatoms. The molecule has 0 unspecified atom stereocenters. The van der Waals surface area contributed by atoms with Gasteiger partial charge in [-0.25, -0.2) is 9.97 Å². The lowest BCUT2D eigenvalue weighted by Crippen LogP contribution is -2.06. The van der Waals surface area contributed by atoms with E-state index < -0.39 is 0 Å². The van der Waals surface area contributed by atoms with Gasteiger partial charge in [0.05, 0.1) is 0 Å². The first-order valence-corrected chi connectivity index (χ1v) is 6.73. The monoisotopic (exact) mass is 325 g/mol. The highest BCUT2D eigenvalue weighted by molar-refractivity contribution is 9.10. The number of benzene rings is 1. The van der Waals surface area contributed by atoms with E-state index in [2.05, 4.69) is 37.3 Å². The van der Waals surface area contributed by atoms with Gasteiger partial charge in [-0.1, -0.05) is 45.7 Å². The normalized spacial score (nSPS) is 10.4. The van der Waals surface area contributed by atoms with Gasteiger partial charge in [0, 0.05) is 16.6 Å². The van der Waals surface area contributed by atoms with E-state index in [0.29, 0.717) is 17.5 Å². The topological polar surface area (TPSA) is 37.8 Å². The zero-order chi connectivity index (χ0) is 13.1. The molecule has 1 aromatic heterocycles. The molecule has 0 spiro atoms. The third kappa shape index (κ3) is 3.00. The van der Waals surface area contributed by atoms with Gasteiger partial charge in [-0.3, -0.25) is 0 Å². The van der Waals surface area contributed by atoms with Crippen molar-refractivity contribution in [3.05, 3.63) is 50.8 Å². The first-order valence-electron chi connectivity index (χ1n) is 5.56. The second-order valence-electron chi connectivity index (χ2n) is 3.98. The van der Waals surface area contributed by atoms with Gasteiger partial charge < -0.3 is 5.32 Å². The highest BCUT2D eigenvalue weighted by Crippen LogP contribution is 2.22. The summed E-state index contributed by atoms with van der Waals surface area (Å²) in [6.45, 7) is 4.42. The highest BCUT2D eigenvalue weighted by Gasteiger charge is 2.07. The molecule has 2 aromatic rings. The summed E-state index contributed by atoms with van der Waals surface area (Å²) < 4.78 is 1.08. The van der Waals surface area contributed by atoms with Gasteiger partial charge in [0.1, 0.15) is 16.8 Å². The van der Waals surface area contributed by atoms with Crippen LogP contribution in [0.15, 0.2) is 28.7 Å². The molecule has 0 aliphatic carbocycles. The van der Waals surface area contributed by atoms with Crippen molar-refractivity contribution in [2.75, 3.05) is 5.32 Å². The van der Waals surface area contributed by atoms with Crippen molar-refractivity contribution in [3.63, 3.8) is 0 Å². The van der Waals surface area contributed by atoms with Crippen molar-refractivity contribution >= 4 is 33.3 Å². The molecule has 0 aliphatic rings. The van der Waals surface area contributed by atoms with Crippen LogP contribution in [0.3, 0.4) is 0 Å². The van der Waals surface area contributed by atoms with Gasteiger partial charge in [0.2, 0.25) is 0 Å². The lowest BCUT2D eigenvalue weighted by Gasteiger charge is -2.11. The summed E-state index contributed by atoms with van der Waals surface area (Å²) in [6.07, 6.45) is 0. The lowest BCUT2D eigenvalue weighted by atomic mass is 10.2. The van der Waals surface area contributed by atoms with Crippen molar-refractivity contribution in [2.45, 2.75) is 20.4 Å². The van der Waals surface area contributed by atoms with E-state index in [1.807, 2.05) is 32.0 Å². The minimum absolute atomic E-state index is 0.497. The quantitative estimate of drug-likeness (QED) is 0.862. The molecule has 0 amide bonds. The summed E-state index contributed by atoms with van der Waals surface area (Å²) in [5, 5.41) is 3.78. The first-order chi connectivity index (χ1) is 8.58. The Morgan fingerprint density at radius 2 is 1.94 bits per heavy atom. The molecular formula is C13H13BrClN3. The van der Waals surface area contributed by atoms with Crippen molar-refractivity contribution in [1.29, 1.82) is 0 Å². The molecule has 94 valence electrons. The van der Waals surface area contributed by atoms with E-state index in [4.69, 9.17) is 11.6 Å². The van der Waals surface area contributed by atoms with Crippen LogP contribution < -0.4 is 5.32 Å². The number of hydrogen-bond acceptors (Lipinski definition) is 3. The number of rotatable bonds is 3. The summed E-state index contributed by atoms with van der Waals surface area (Å²) in [7, 11) is 0. The summed E-state index contributed by atoms with van der Waals surface area (Å²) in [6, 6.07) is 8.07. The molecule has 0 radical (unpaired) electrons. The molecule has 0 saturated carbocycles. The van der Waals surface area contributed by atoms with Gasteiger partial charge in [-0.05, 0) is 25.5 Å². The van der Waals surface area contributed by atoms with Crippen LogP contribution in [0, 0.1) is 13.8 Å². The van der Waals surface area contributed by atoms with Crippen LogP contribution in [0.4, 0.5) is 5.82 Å². The van der Waals surface area contributed by atoms with Gasteiger partial charge in [-0.2, -0.15) is 0 Å². The number of aryl methyl sites for hydroxylation is 1. The Kier molecular flexibility index (Phi) is 4.19. The van der Waals surface area contributed by atoms with Crippen LogP contribution in [0.25, 0.3) is 0 Å². The van der Waals surface area contributed by atoms with E-state index >= 15 is 0 Å². The maximum absolute atomic E-state index is 6.03. The van der Waals surface area contributed by atoms with Gasteiger partial charge in [0.25, 0.3) is 0 Å². The molecule has 1 aromatic carbocycles. The average molecular weight is 327 g/mol. The SMILES string of the molecule is Cc1nc(Cl)c(C)c(NCc2ccccc2Br)n1. The Bertz CT molecular complexity index is 572. The summed E-state index contributed by atoms with van der Waals surface area (Å²) in [5.41, 5.74) is 2.04. The van der Waals surface area contributed by atoms with Crippen LogP contribution in [-0.4, -0.2) is 9.97 Å². The van der Waals surface area contributed by atoms with Crippen molar-refractivity contribution in [1.82, 2.24) is 9.97 Å². The first kappa shape index (κ1) is 13.3. The van der Waals surface area contributed by atoms with Crippen LogP contribution in [0.2, 0.25) is 5.15 Å². The minimum atomic E-state index is 0.497. The number of anilines is 1. The van der Waals surface area contributed by atoms with Crippen molar-refractivity contribution in [2.24, 2.45) is 0 Å². The largest absolute Gasteiger partial charge is 0.366 e. The Hall–Kier alpha value is -1.13. The maximum Gasteiger partial charge on any atom is 0.137 e. The molecular weight excluding hydrogens is 314 g/mol. The Morgan fingerprint density at radius 1 is 1.22 bits per heavy atom. The number of halogens is 2. The summed E-state index contributed by atoms with van der Waals surface area (Å²) in [5.74, 6) is 1.45. The zero-order valence-electron chi connectivity index (χ0n) is 10.2. The second-order valence-corrected chi connectivity index (χ2v) is 5.19. The fourth-order valence-electron chi connectivity index (χ4n) is 1.59. The van der Waals surface area contributed by atoms with Crippen LogP contribution in [0.1, 0.15) is 17.0 Å². The minimum Gasteiger partial charge on any atom is -0.366 e. The molecule has 0 atom stereocenters. The standard InChI is InChI=1S/C13H13BrClN3/c1-8-12(15)17-9(2)18-13(8)16-7-10-5-3-4-6-11(10)14/h3-6H,7H2,1-2H3,(H,16,17,18). The predicted octanol–water partition coefficient (Wildman–Crippen LogP) is 4.12. The molecule has 2 rings (SSSR count). The number of hydrogen-bond donors (Lipinski definition) is 1. The molecule has 0 bridgehead atoms. The zero-order valence-corrected chi connectivity index (χ0v) is 12.5. The molecule has 3 nitrogen and oxygen atoms in total. The fourth-order valence-corrected chi connectivity index (χ4v) is 2.22. The molecule has 1 N–H and O–H groups in total. The van der Waals surface area contributed by atoms with E-state index in [1.54, 1.807) is 0 Å². The van der Waals surface area contributed by atoms with Gasteiger partial charge >= 0.3 is 0 Å². The number of nitrogens with one attached hydrogen (secondary N) is 1. The molecule has 0 saturated heterocycles. The highest BCUT2D eigenvalue weighted by atomic mass is 79.9. The van der Waals surface area contributed by atoms with E-state index in [-0.39, 0.29) is 0 Å². The Balaban J connectivity index is 2.18. The van der Waals surface area contributed by atoms with E-state index in [1.165, 1.54) is 5.56 Å². The smallest absolute Gasteiger partial charge is 0.137 e. The second kappa shape index (κ2) is 5.67. The molecule has 18 heavy (non-hydrogen) atoms. The maximum atomic E-state index is 6.03. The number of aromatic nitrogens is 2. The molecule has 0 aliphatic heterocycles. The average Bonchev–Trinajstić information content (AvgIpc) is 2.33. The molecule has 0 fully saturated rings. The van der Waals surface area contributed by atoms with E-state index in [9.17, 15) is 0 Å². The lowest BCUT2D eigenvalue weighted by molar-refractivity contribution is 1.00. The molecule has 1 heterocycles. The van der Waals surface area contributed by atoms with Crippen LogP contribution >= 0.6 is 27.5 Å². The van der Waals surface area contributed by atoms with Crippen LogP contribution in [-0.2, 0) is 6.54 Å². The van der Waals surface area contributed by atoms with Crippen molar-refractivity contribution < 1.29 is 0 Å². The third-order valence-corrected chi connectivity index (χ3v) is 3.74. The van der Waals surface area contributed by atoms with E-state index in [0.717, 1.165) is 15.9 Å². The summed E-state index contributed by atoms with van der Waals surface area (Å²) in [4.78, 5) is 8.47. The third-order valence-electron chi connectivity index (χ3n) is 2.60. The van der Waals surface area contributed by atoms with Gasteiger partial charge in [-0.15, -0.1) is 0 Å².